The average Bonchev–Trinajstić information content (AvgIpc) is 2.65. The highest BCUT2D eigenvalue weighted by Gasteiger charge is 2.29. The predicted octanol–water partition coefficient (Wildman–Crippen LogP) is 1.36. The first-order valence-corrected chi connectivity index (χ1v) is 6.14. The van der Waals surface area contributed by atoms with E-state index in [0.29, 0.717) is 12.1 Å². The molecule has 0 spiro atoms. The molecule has 0 aromatic carbocycles. The van der Waals surface area contributed by atoms with Gasteiger partial charge in [-0.05, 0) is 39.3 Å². The predicted molar refractivity (Wildman–Crippen MR) is 60.4 cm³/mol. The Morgan fingerprint density at radius 1 is 1.27 bits per heavy atom. The molecule has 0 bridgehead atoms. The summed E-state index contributed by atoms with van der Waals surface area (Å²) in [6.45, 7) is 2.37. The fraction of sp³-hybridized carbons (Fsp3) is 0.917. The molecule has 1 saturated carbocycles. The maximum atomic E-state index is 9.02. The SMILES string of the molecule is CN1CCCC(NC2CCCC2C#N)C1. The summed E-state index contributed by atoms with van der Waals surface area (Å²) in [5.74, 6) is 0.261. The molecule has 3 atom stereocenters. The molecule has 84 valence electrons. The van der Waals surface area contributed by atoms with Crippen LogP contribution < -0.4 is 5.32 Å². The normalized spacial score (nSPS) is 37.7. The average molecular weight is 207 g/mol. The first-order valence-electron chi connectivity index (χ1n) is 6.14. The number of nitrogens with zero attached hydrogens (tertiary/aromatic N) is 2. The number of nitriles is 1. The van der Waals surface area contributed by atoms with E-state index in [2.05, 4.69) is 23.3 Å². The third-order valence-corrected chi connectivity index (χ3v) is 3.76. The summed E-state index contributed by atoms with van der Waals surface area (Å²) < 4.78 is 0. The van der Waals surface area contributed by atoms with E-state index in [4.69, 9.17) is 5.26 Å². The van der Waals surface area contributed by atoms with Gasteiger partial charge in [-0.1, -0.05) is 6.42 Å². The minimum Gasteiger partial charge on any atom is -0.309 e. The van der Waals surface area contributed by atoms with Crippen molar-refractivity contribution < 1.29 is 0 Å². The molecule has 1 heterocycles. The largest absolute Gasteiger partial charge is 0.309 e. The zero-order valence-electron chi connectivity index (χ0n) is 9.58. The van der Waals surface area contributed by atoms with Crippen molar-refractivity contribution in [1.82, 2.24) is 10.2 Å². The van der Waals surface area contributed by atoms with Crippen LogP contribution >= 0.6 is 0 Å². The molecule has 3 unspecified atom stereocenters. The zero-order valence-corrected chi connectivity index (χ0v) is 9.58. The van der Waals surface area contributed by atoms with Crippen molar-refractivity contribution in [2.75, 3.05) is 20.1 Å². The van der Waals surface area contributed by atoms with Gasteiger partial charge in [-0.2, -0.15) is 5.26 Å². The van der Waals surface area contributed by atoms with E-state index in [-0.39, 0.29) is 5.92 Å². The molecule has 15 heavy (non-hydrogen) atoms. The number of piperidine rings is 1. The summed E-state index contributed by atoms with van der Waals surface area (Å²) in [6.07, 6.45) is 6.07. The molecule has 0 aromatic heterocycles. The van der Waals surface area contributed by atoms with Gasteiger partial charge in [0.1, 0.15) is 0 Å². The minimum absolute atomic E-state index is 0.261. The lowest BCUT2D eigenvalue weighted by molar-refractivity contribution is 0.212. The smallest absolute Gasteiger partial charge is 0.0672 e. The number of likely N-dealkylation sites (tertiary alicyclic amines) is 1. The third-order valence-electron chi connectivity index (χ3n) is 3.76. The molecule has 1 aliphatic carbocycles. The maximum Gasteiger partial charge on any atom is 0.0672 e. The molecule has 0 amide bonds. The highest BCUT2D eigenvalue weighted by Crippen LogP contribution is 2.26. The van der Waals surface area contributed by atoms with Gasteiger partial charge in [-0.25, -0.2) is 0 Å². The molecule has 1 aliphatic heterocycles. The Morgan fingerprint density at radius 3 is 2.87 bits per heavy atom. The van der Waals surface area contributed by atoms with Crippen molar-refractivity contribution in [2.45, 2.75) is 44.2 Å². The Morgan fingerprint density at radius 2 is 2.13 bits per heavy atom. The van der Waals surface area contributed by atoms with E-state index in [1.165, 1.54) is 32.2 Å². The summed E-state index contributed by atoms with van der Waals surface area (Å²) >= 11 is 0. The van der Waals surface area contributed by atoms with Crippen molar-refractivity contribution in [1.29, 1.82) is 5.26 Å². The van der Waals surface area contributed by atoms with Crippen molar-refractivity contribution in [2.24, 2.45) is 5.92 Å². The van der Waals surface area contributed by atoms with E-state index in [1.54, 1.807) is 0 Å². The maximum absolute atomic E-state index is 9.02. The third kappa shape index (κ3) is 2.70. The molecule has 1 N–H and O–H groups in total. The number of nitrogens with one attached hydrogen (secondary N) is 1. The van der Waals surface area contributed by atoms with Crippen LogP contribution in [0.1, 0.15) is 32.1 Å². The second-order valence-electron chi connectivity index (χ2n) is 5.04. The number of hydrogen-bond acceptors (Lipinski definition) is 3. The van der Waals surface area contributed by atoms with Gasteiger partial charge in [0, 0.05) is 18.6 Å². The highest BCUT2D eigenvalue weighted by molar-refractivity contribution is 4.98. The van der Waals surface area contributed by atoms with Crippen LogP contribution in [-0.2, 0) is 0 Å². The molecular weight excluding hydrogens is 186 g/mol. The number of hydrogen-bond donors (Lipinski definition) is 1. The Bertz CT molecular complexity index is 246. The fourth-order valence-corrected chi connectivity index (χ4v) is 2.92. The van der Waals surface area contributed by atoms with Crippen molar-refractivity contribution in [3.63, 3.8) is 0 Å². The van der Waals surface area contributed by atoms with Crippen molar-refractivity contribution in [3.05, 3.63) is 0 Å². The van der Waals surface area contributed by atoms with Crippen LogP contribution in [0.3, 0.4) is 0 Å². The van der Waals surface area contributed by atoms with Crippen LogP contribution in [0, 0.1) is 17.2 Å². The quantitative estimate of drug-likeness (QED) is 0.743. The summed E-state index contributed by atoms with van der Waals surface area (Å²) in [7, 11) is 2.18. The van der Waals surface area contributed by atoms with E-state index in [0.717, 1.165) is 13.0 Å². The van der Waals surface area contributed by atoms with E-state index in [9.17, 15) is 0 Å². The molecule has 3 nitrogen and oxygen atoms in total. The molecule has 1 saturated heterocycles. The van der Waals surface area contributed by atoms with Gasteiger partial charge < -0.3 is 10.2 Å². The Labute approximate surface area is 92.4 Å². The first kappa shape index (κ1) is 10.9. The van der Waals surface area contributed by atoms with E-state index >= 15 is 0 Å². The van der Waals surface area contributed by atoms with Crippen LogP contribution in [0.4, 0.5) is 0 Å². The van der Waals surface area contributed by atoms with E-state index in [1.807, 2.05) is 0 Å². The van der Waals surface area contributed by atoms with Crippen molar-refractivity contribution >= 4 is 0 Å². The number of rotatable bonds is 2. The van der Waals surface area contributed by atoms with Gasteiger partial charge in [0.05, 0.1) is 12.0 Å². The first-order chi connectivity index (χ1) is 7.29. The second-order valence-corrected chi connectivity index (χ2v) is 5.04. The van der Waals surface area contributed by atoms with Crippen molar-refractivity contribution in [3.8, 4) is 6.07 Å². The Balaban J connectivity index is 1.83. The Kier molecular flexibility index (Phi) is 3.61. The lowest BCUT2D eigenvalue weighted by Crippen LogP contribution is -2.48. The topological polar surface area (TPSA) is 39.1 Å². The standard InChI is InChI=1S/C12H21N3/c1-15-7-3-5-11(9-15)14-12-6-2-4-10(12)8-13/h10-12,14H,2-7,9H2,1H3. The number of likely N-dealkylation sites (N-methyl/N-ethyl adjacent to an activating group) is 1. The van der Waals surface area contributed by atoms with Crippen LogP contribution in [-0.4, -0.2) is 37.1 Å². The monoisotopic (exact) mass is 207 g/mol. The minimum atomic E-state index is 0.261. The van der Waals surface area contributed by atoms with Gasteiger partial charge >= 0.3 is 0 Å². The summed E-state index contributed by atoms with van der Waals surface area (Å²) in [6, 6.07) is 3.52. The Hall–Kier alpha value is -0.590. The fourth-order valence-electron chi connectivity index (χ4n) is 2.92. The zero-order chi connectivity index (χ0) is 10.7. The molecule has 0 radical (unpaired) electrons. The summed E-state index contributed by atoms with van der Waals surface area (Å²) in [5, 5.41) is 12.7. The van der Waals surface area contributed by atoms with Gasteiger partial charge in [-0.3, -0.25) is 0 Å². The van der Waals surface area contributed by atoms with E-state index < -0.39 is 0 Å². The molecule has 2 rings (SSSR count). The highest BCUT2D eigenvalue weighted by atomic mass is 15.1. The van der Waals surface area contributed by atoms with Crippen LogP contribution in [0.15, 0.2) is 0 Å². The lowest BCUT2D eigenvalue weighted by atomic mass is 10.0. The van der Waals surface area contributed by atoms with Gasteiger partial charge in [0.2, 0.25) is 0 Å². The lowest BCUT2D eigenvalue weighted by Gasteiger charge is -2.33. The molecule has 2 fully saturated rings. The molecule has 2 aliphatic rings. The summed E-state index contributed by atoms with van der Waals surface area (Å²) in [4.78, 5) is 2.39. The molecule has 0 aromatic rings. The molecular formula is C12H21N3. The second kappa shape index (κ2) is 4.96. The van der Waals surface area contributed by atoms with Gasteiger partial charge in [0.25, 0.3) is 0 Å². The van der Waals surface area contributed by atoms with Crippen LogP contribution in [0.2, 0.25) is 0 Å². The van der Waals surface area contributed by atoms with Crippen LogP contribution in [0.25, 0.3) is 0 Å². The van der Waals surface area contributed by atoms with Crippen LogP contribution in [0.5, 0.6) is 0 Å². The van der Waals surface area contributed by atoms with Gasteiger partial charge in [0.15, 0.2) is 0 Å². The molecule has 3 heteroatoms. The van der Waals surface area contributed by atoms with Gasteiger partial charge in [-0.15, -0.1) is 0 Å². The summed E-state index contributed by atoms with van der Waals surface area (Å²) in [5.41, 5.74) is 0.